The van der Waals surface area contributed by atoms with Gasteiger partial charge in [-0.05, 0) is 118 Å². The van der Waals surface area contributed by atoms with Crippen LogP contribution in [0.25, 0.3) is 50.2 Å². The molecule has 0 aliphatic heterocycles. The summed E-state index contributed by atoms with van der Waals surface area (Å²) in [6.45, 7) is 1.73. The first kappa shape index (κ1) is 47.6. The lowest BCUT2D eigenvalue weighted by Crippen LogP contribution is -2.16. The van der Waals surface area contributed by atoms with Crippen LogP contribution in [0.5, 0.6) is 23.0 Å². The molecule has 0 radical (unpaired) electrons. The Balaban J connectivity index is 0.000000212. The lowest BCUT2D eigenvalue weighted by atomic mass is 9.87. The highest BCUT2D eigenvalue weighted by Gasteiger charge is 2.19. The number of nitrogens with zero attached hydrogens (tertiary/aromatic N) is 10. The lowest BCUT2D eigenvalue weighted by molar-refractivity contribution is 0.384. The number of benzene rings is 4. The molecule has 65 heavy (non-hydrogen) atoms. The number of hydrogen-bond donors (Lipinski definition) is 0. The first-order chi connectivity index (χ1) is 30.9. The van der Waals surface area contributed by atoms with Crippen molar-refractivity contribution < 1.29 is 18.9 Å². The van der Waals surface area contributed by atoms with Crippen LogP contribution in [0.4, 0.5) is 0 Å². The van der Waals surface area contributed by atoms with E-state index in [1.165, 1.54) is 5.56 Å². The van der Waals surface area contributed by atoms with Crippen molar-refractivity contribution in [2.75, 3.05) is 69.7 Å². The molecule has 1 atom stereocenters. The summed E-state index contributed by atoms with van der Waals surface area (Å²) in [5, 5.41) is 8.50. The highest BCUT2D eigenvalue weighted by molar-refractivity contribution is 5.87. The quantitative estimate of drug-likeness (QED) is 0.0977. The monoisotopic (exact) mass is 896 g/mol. The molecule has 15 heteroatoms. The van der Waals surface area contributed by atoms with E-state index in [-0.39, 0.29) is 18.3 Å². The third kappa shape index (κ3) is 11.8. The van der Waals surface area contributed by atoms with Crippen molar-refractivity contribution >= 4 is 40.0 Å². The second-order valence-electron chi connectivity index (χ2n) is 16.0. The second-order valence-corrected chi connectivity index (χ2v) is 16.0. The minimum Gasteiger partial charge on any atom is -0.497 e. The van der Waals surface area contributed by atoms with E-state index in [0.717, 1.165) is 109 Å². The summed E-state index contributed by atoms with van der Waals surface area (Å²) in [5.41, 5.74) is 12.4. The Morgan fingerprint density at radius 1 is 0.569 bits per heavy atom. The third-order valence-corrected chi connectivity index (χ3v) is 10.8. The molecular formula is C50H57ClN10O4. The van der Waals surface area contributed by atoms with Gasteiger partial charge in [0.15, 0.2) is 0 Å². The standard InChI is InChI=1S/C25H29N5O2.C25H27N5O2.ClH/c2*1-29(2)9-8-22(18-10-20(31-4)13-21(11-18)32-5)17-6-7-23-24(12-17)28-25(15-26-23)19-14-27-30(3)16-19;/h6-7,10-16,22H,8-9H2,1-5H3;6-8,10-16H,9H2,1-5H3;1H/b;22-8+;. The van der Waals surface area contributed by atoms with E-state index in [2.05, 4.69) is 86.5 Å². The maximum Gasteiger partial charge on any atom is 0.123 e. The van der Waals surface area contributed by atoms with Gasteiger partial charge in [0.1, 0.15) is 23.0 Å². The Kier molecular flexibility index (Phi) is 15.9. The van der Waals surface area contributed by atoms with E-state index in [9.17, 15) is 0 Å². The first-order valence-corrected chi connectivity index (χ1v) is 20.9. The maximum atomic E-state index is 5.53. The van der Waals surface area contributed by atoms with Crippen molar-refractivity contribution in [3.8, 4) is 45.5 Å². The van der Waals surface area contributed by atoms with Crippen molar-refractivity contribution in [1.82, 2.24) is 49.3 Å². The Morgan fingerprint density at radius 2 is 1.08 bits per heavy atom. The fourth-order valence-electron chi connectivity index (χ4n) is 7.39. The summed E-state index contributed by atoms with van der Waals surface area (Å²) >= 11 is 0. The third-order valence-electron chi connectivity index (χ3n) is 10.8. The van der Waals surface area contributed by atoms with Crippen LogP contribution < -0.4 is 18.9 Å². The van der Waals surface area contributed by atoms with E-state index in [0.29, 0.717) is 0 Å². The summed E-state index contributed by atoms with van der Waals surface area (Å²) in [7, 11) is 18.7. The highest BCUT2D eigenvalue weighted by atomic mass is 35.5. The zero-order valence-corrected chi connectivity index (χ0v) is 39.5. The number of ether oxygens (including phenoxy) is 4. The van der Waals surface area contributed by atoms with Crippen LogP contribution in [-0.4, -0.2) is 119 Å². The first-order valence-electron chi connectivity index (χ1n) is 20.9. The van der Waals surface area contributed by atoms with Gasteiger partial charge < -0.3 is 28.7 Å². The van der Waals surface area contributed by atoms with Crippen molar-refractivity contribution in [3.63, 3.8) is 0 Å². The summed E-state index contributed by atoms with van der Waals surface area (Å²) in [5.74, 6) is 3.22. The lowest BCUT2D eigenvalue weighted by Gasteiger charge is -2.22. The van der Waals surface area contributed by atoms with Gasteiger partial charge in [-0.25, -0.2) is 9.97 Å². The number of aromatic nitrogens is 8. The molecule has 0 aliphatic rings. The molecule has 0 amide bonds. The van der Waals surface area contributed by atoms with Gasteiger partial charge in [0.25, 0.3) is 0 Å². The van der Waals surface area contributed by atoms with E-state index < -0.39 is 0 Å². The minimum atomic E-state index is 0. The van der Waals surface area contributed by atoms with E-state index >= 15 is 0 Å². The van der Waals surface area contributed by atoms with E-state index in [4.69, 9.17) is 28.9 Å². The molecule has 0 saturated heterocycles. The number of hydrogen-bond acceptors (Lipinski definition) is 12. The molecule has 0 fully saturated rings. The van der Waals surface area contributed by atoms with Gasteiger partial charge in [-0.2, -0.15) is 10.2 Å². The van der Waals surface area contributed by atoms with Gasteiger partial charge in [0.05, 0.1) is 86.7 Å². The molecule has 0 aliphatic carbocycles. The summed E-state index contributed by atoms with van der Waals surface area (Å²) < 4.78 is 25.6. The topological polar surface area (TPSA) is 131 Å². The summed E-state index contributed by atoms with van der Waals surface area (Å²) in [6, 6.07) is 24.5. The van der Waals surface area contributed by atoms with Gasteiger partial charge in [0, 0.05) is 62.2 Å². The molecule has 0 spiro atoms. The molecule has 8 rings (SSSR count). The smallest absolute Gasteiger partial charge is 0.123 e. The molecule has 338 valence electrons. The van der Waals surface area contributed by atoms with Crippen LogP contribution >= 0.6 is 12.4 Å². The Labute approximate surface area is 386 Å². The Bertz CT molecular complexity index is 2850. The molecule has 0 N–H and O–H groups in total. The maximum absolute atomic E-state index is 5.53. The largest absolute Gasteiger partial charge is 0.497 e. The predicted octanol–water partition coefficient (Wildman–Crippen LogP) is 8.59. The minimum absolute atomic E-state index is 0. The van der Waals surface area contributed by atoms with Crippen LogP contribution in [0.1, 0.15) is 34.6 Å². The van der Waals surface area contributed by atoms with Crippen molar-refractivity contribution in [3.05, 3.63) is 138 Å². The molecule has 4 heterocycles. The average molecular weight is 898 g/mol. The van der Waals surface area contributed by atoms with Crippen LogP contribution in [0.3, 0.4) is 0 Å². The fourth-order valence-corrected chi connectivity index (χ4v) is 7.39. The zero-order valence-electron chi connectivity index (χ0n) is 38.7. The van der Waals surface area contributed by atoms with Gasteiger partial charge >= 0.3 is 0 Å². The summed E-state index contributed by atoms with van der Waals surface area (Å²) in [6.07, 6.45) is 14.2. The van der Waals surface area contributed by atoms with Crippen LogP contribution in [0.15, 0.2) is 116 Å². The number of fused-ring (bicyclic) bond motifs is 2. The molecule has 4 aromatic carbocycles. The van der Waals surface area contributed by atoms with Crippen LogP contribution in [0, 0.1) is 0 Å². The molecule has 1 unspecified atom stereocenters. The predicted molar refractivity (Wildman–Crippen MR) is 260 cm³/mol. The zero-order chi connectivity index (χ0) is 45.3. The summed E-state index contributed by atoms with van der Waals surface area (Å²) in [4.78, 5) is 23.3. The van der Waals surface area contributed by atoms with Gasteiger partial charge in [-0.1, -0.05) is 18.2 Å². The Hall–Kier alpha value is -6.87. The molecule has 14 nitrogen and oxygen atoms in total. The number of likely N-dealkylation sites (N-methyl/N-ethyl adjacent to an activating group) is 1. The second kappa shape index (κ2) is 21.7. The number of methoxy groups -OCH3 is 4. The molecule has 4 aromatic heterocycles. The van der Waals surface area contributed by atoms with Crippen molar-refractivity contribution in [2.24, 2.45) is 14.1 Å². The Morgan fingerprint density at radius 3 is 1.55 bits per heavy atom. The van der Waals surface area contributed by atoms with Crippen molar-refractivity contribution in [1.29, 1.82) is 0 Å². The SMILES string of the molecule is COc1cc(OC)cc(/C(=C/CN(C)C)c2ccc3ncc(-c4cnn(C)c4)nc3c2)c1.COc1cc(OC)cc(C(CCN(C)C)c2ccc3ncc(-c4cnn(C)c4)nc3c2)c1.Cl. The normalized spacial score (nSPS) is 11.9. The van der Waals surface area contributed by atoms with Crippen molar-refractivity contribution in [2.45, 2.75) is 12.3 Å². The molecule has 0 bridgehead atoms. The number of aryl methyl sites for hydroxylation is 2. The van der Waals surface area contributed by atoms with E-state index in [1.807, 2.05) is 83.2 Å². The molecule has 8 aromatic rings. The molecule has 0 saturated carbocycles. The fraction of sp³-hybridized carbons (Fsp3) is 0.280. The number of rotatable bonds is 15. The highest BCUT2D eigenvalue weighted by Crippen LogP contribution is 2.36. The average Bonchev–Trinajstić information content (AvgIpc) is 3.96. The van der Waals surface area contributed by atoms with E-state index in [1.54, 1.807) is 56.4 Å². The van der Waals surface area contributed by atoms with Crippen LogP contribution in [-0.2, 0) is 14.1 Å². The van der Waals surface area contributed by atoms with Crippen LogP contribution in [0.2, 0.25) is 0 Å². The van der Waals surface area contributed by atoms with Gasteiger partial charge in [0.2, 0.25) is 0 Å². The number of halogens is 1. The van der Waals surface area contributed by atoms with Gasteiger partial charge in [-0.3, -0.25) is 19.3 Å². The molecular weight excluding hydrogens is 840 g/mol. The van der Waals surface area contributed by atoms with Gasteiger partial charge in [-0.15, -0.1) is 12.4 Å².